The maximum absolute atomic E-state index is 12.9. The van der Waals surface area contributed by atoms with Crippen LogP contribution in [0.15, 0.2) is 54.6 Å². The SMILES string of the molecule is COC(=O)CCC(=O)NC(=S)Nc1ccccc1C(=O)N(C)Cc1ccccc1. The van der Waals surface area contributed by atoms with E-state index < -0.39 is 11.9 Å². The van der Waals surface area contributed by atoms with Crippen molar-refractivity contribution in [2.75, 3.05) is 19.5 Å². The maximum atomic E-state index is 12.9. The predicted molar refractivity (Wildman–Crippen MR) is 114 cm³/mol. The van der Waals surface area contributed by atoms with E-state index in [1.807, 2.05) is 30.3 Å². The second-order valence-corrected chi connectivity index (χ2v) is 6.68. The number of ether oxygens (including phenoxy) is 1. The topological polar surface area (TPSA) is 87.7 Å². The van der Waals surface area contributed by atoms with E-state index in [0.717, 1.165) is 5.56 Å². The molecule has 29 heavy (non-hydrogen) atoms. The Morgan fingerprint density at radius 2 is 1.66 bits per heavy atom. The van der Waals surface area contributed by atoms with Crippen LogP contribution in [0.3, 0.4) is 0 Å². The van der Waals surface area contributed by atoms with Crippen molar-refractivity contribution in [3.8, 4) is 0 Å². The summed E-state index contributed by atoms with van der Waals surface area (Å²) in [5.41, 5.74) is 1.93. The highest BCUT2D eigenvalue weighted by Crippen LogP contribution is 2.18. The van der Waals surface area contributed by atoms with Crippen LogP contribution in [-0.2, 0) is 20.9 Å². The van der Waals surface area contributed by atoms with Gasteiger partial charge in [-0.25, -0.2) is 0 Å². The molecule has 7 nitrogen and oxygen atoms in total. The fraction of sp³-hybridized carbons (Fsp3) is 0.238. The molecule has 0 radical (unpaired) electrons. The summed E-state index contributed by atoms with van der Waals surface area (Å²) in [5.74, 6) is -1.08. The summed E-state index contributed by atoms with van der Waals surface area (Å²) in [6.45, 7) is 0.461. The van der Waals surface area contributed by atoms with Crippen molar-refractivity contribution in [3.63, 3.8) is 0 Å². The zero-order valence-electron chi connectivity index (χ0n) is 16.3. The number of para-hydroxylation sites is 1. The smallest absolute Gasteiger partial charge is 0.306 e. The Hall–Kier alpha value is -3.26. The Bertz CT molecular complexity index is 887. The van der Waals surface area contributed by atoms with Crippen LogP contribution in [0.4, 0.5) is 5.69 Å². The molecule has 0 heterocycles. The lowest BCUT2D eigenvalue weighted by Gasteiger charge is -2.20. The molecule has 0 aromatic heterocycles. The Kier molecular flexibility index (Phi) is 8.29. The molecule has 0 saturated carbocycles. The lowest BCUT2D eigenvalue weighted by molar-refractivity contribution is -0.142. The first-order chi connectivity index (χ1) is 13.9. The van der Waals surface area contributed by atoms with Crippen molar-refractivity contribution >= 4 is 40.8 Å². The van der Waals surface area contributed by atoms with Gasteiger partial charge in [0.15, 0.2) is 5.11 Å². The van der Waals surface area contributed by atoms with Gasteiger partial charge in [-0.2, -0.15) is 0 Å². The third kappa shape index (κ3) is 7.00. The van der Waals surface area contributed by atoms with Crippen LogP contribution in [0.2, 0.25) is 0 Å². The number of nitrogens with zero attached hydrogens (tertiary/aromatic N) is 1. The summed E-state index contributed by atoms with van der Waals surface area (Å²) in [5, 5.41) is 5.42. The second-order valence-electron chi connectivity index (χ2n) is 6.27. The molecule has 0 atom stereocenters. The lowest BCUT2D eigenvalue weighted by atomic mass is 10.1. The quantitative estimate of drug-likeness (QED) is 0.536. The average molecular weight is 413 g/mol. The molecule has 0 fully saturated rings. The van der Waals surface area contributed by atoms with Crippen molar-refractivity contribution in [2.24, 2.45) is 0 Å². The van der Waals surface area contributed by atoms with Gasteiger partial charge in [-0.3, -0.25) is 14.4 Å². The van der Waals surface area contributed by atoms with Gasteiger partial charge in [-0.1, -0.05) is 42.5 Å². The Labute approximate surface area is 175 Å². The number of carbonyl (C=O) groups is 3. The normalized spacial score (nSPS) is 10.0. The minimum absolute atomic E-state index is 0.0374. The first-order valence-electron chi connectivity index (χ1n) is 8.96. The number of nitrogens with one attached hydrogen (secondary N) is 2. The van der Waals surface area contributed by atoms with Gasteiger partial charge in [0.1, 0.15) is 0 Å². The highest BCUT2D eigenvalue weighted by molar-refractivity contribution is 7.80. The van der Waals surface area contributed by atoms with E-state index >= 15 is 0 Å². The molecule has 0 aliphatic carbocycles. The number of esters is 1. The van der Waals surface area contributed by atoms with Crippen molar-refractivity contribution < 1.29 is 19.1 Å². The molecule has 152 valence electrons. The van der Waals surface area contributed by atoms with Gasteiger partial charge in [0, 0.05) is 20.0 Å². The molecule has 2 amide bonds. The van der Waals surface area contributed by atoms with E-state index in [9.17, 15) is 14.4 Å². The molecule has 0 bridgehead atoms. The van der Waals surface area contributed by atoms with Gasteiger partial charge in [0.05, 0.1) is 24.8 Å². The first kappa shape index (κ1) is 22.0. The number of methoxy groups -OCH3 is 1. The van der Waals surface area contributed by atoms with Crippen molar-refractivity contribution in [1.29, 1.82) is 0 Å². The third-order valence-electron chi connectivity index (χ3n) is 4.05. The zero-order valence-corrected chi connectivity index (χ0v) is 17.1. The first-order valence-corrected chi connectivity index (χ1v) is 9.37. The van der Waals surface area contributed by atoms with Gasteiger partial charge in [0.2, 0.25) is 5.91 Å². The minimum atomic E-state index is -0.476. The lowest BCUT2D eigenvalue weighted by Crippen LogP contribution is -2.35. The van der Waals surface area contributed by atoms with E-state index in [-0.39, 0.29) is 23.9 Å². The van der Waals surface area contributed by atoms with Crippen LogP contribution in [0, 0.1) is 0 Å². The number of anilines is 1. The summed E-state index contributed by atoms with van der Waals surface area (Å²) < 4.78 is 4.50. The standard InChI is InChI=1S/C21H23N3O4S/c1-24(14-15-8-4-3-5-9-15)20(27)16-10-6-7-11-17(16)22-21(29)23-18(25)12-13-19(26)28-2/h3-11H,12-14H2,1-2H3,(H2,22,23,25,29). The Balaban J connectivity index is 2.00. The predicted octanol–water partition coefficient (Wildman–Crippen LogP) is 2.73. The molecule has 8 heteroatoms. The monoisotopic (exact) mass is 413 g/mol. The molecule has 0 unspecified atom stereocenters. The molecule has 2 aromatic carbocycles. The summed E-state index contributed by atoms with van der Waals surface area (Å²) in [4.78, 5) is 37.5. The van der Waals surface area contributed by atoms with Crippen LogP contribution in [0.1, 0.15) is 28.8 Å². The molecule has 2 N–H and O–H groups in total. The Morgan fingerprint density at radius 1 is 1.00 bits per heavy atom. The molecule has 2 aromatic rings. The summed E-state index contributed by atoms with van der Waals surface area (Å²) >= 11 is 5.15. The molecule has 2 rings (SSSR count). The number of hydrogen-bond acceptors (Lipinski definition) is 5. The van der Waals surface area contributed by atoms with Crippen LogP contribution in [0.25, 0.3) is 0 Å². The highest BCUT2D eigenvalue weighted by atomic mass is 32.1. The van der Waals surface area contributed by atoms with Gasteiger partial charge >= 0.3 is 5.97 Å². The molecular weight excluding hydrogens is 390 g/mol. The van der Waals surface area contributed by atoms with E-state index in [2.05, 4.69) is 15.4 Å². The Morgan fingerprint density at radius 3 is 2.34 bits per heavy atom. The largest absolute Gasteiger partial charge is 0.469 e. The number of carbonyl (C=O) groups excluding carboxylic acids is 3. The van der Waals surface area contributed by atoms with E-state index in [1.165, 1.54) is 7.11 Å². The fourth-order valence-electron chi connectivity index (χ4n) is 2.57. The molecule has 0 spiro atoms. The molecule has 0 aliphatic heterocycles. The molecule has 0 saturated heterocycles. The number of benzene rings is 2. The number of hydrogen-bond donors (Lipinski definition) is 2. The summed E-state index contributed by atoms with van der Waals surface area (Å²) in [7, 11) is 2.98. The minimum Gasteiger partial charge on any atom is -0.469 e. The third-order valence-corrected chi connectivity index (χ3v) is 4.26. The summed E-state index contributed by atoms with van der Waals surface area (Å²) in [6.07, 6.45) is -0.0841. The van der Waals surface area contributed by atoms with E-state index in [1.54, 1.807) is 36.2 Å². The maximum Gasteiger partial charge on any atom is 0.306 e. The van der Waals surface area contributed by atoms with Gasteiger partial charge in [-0.05, 0) is 29.9 Å². The van der Waals surface area contributed by atoms with Crippen LogP contribution in [0.5, 0.6) is 0 Å². The van der Waals surface area contributed by atoms with Gasteiger partial charge in [-0.15, -0.1) is 0 Å². The number of thiocarbonyl (C=S) groups is 1. The van der Waals surface area contributed by atoms with Gasteiger partial charge < -0.3 is 20.3 Å². The fourth-order valence-corrected chi connectivity index (χ4v) is 2.80. The number of rotatable bonds is 7. The van der Waals surface area contributed by atoms with E-state index in [0.29, 0.717) is 17.8 Å². The van der Waals surface area contributed by atoms with Crippen LogP contribution >= 0.6 is 12.2 Å². The van der Waals surface area contributed by atoms with Crippen LogP contribution in [-0.4, -0.2) is 42.0 Å². The zero-order chi connectivity index (χ0) is 21.2. The molecule has 0 aliphatic rings. The molecular formula is C21H23N3O4S. The van der Waals surface area contributed by atoms with Crippen molar-refractivity contribution in [2.45, 2.75) is 19.4 Å². The van der Waals surface area contributed by atoms with Gasteiger partial charge in [0.25, 0.3) is 5.91 Å². The van der Waals surface area contributed by atoms with Crippen molar-refractivity contribution in [1.82, 2.24) is 10.2 Å². The van der Waals surface area contributed by atoms with Crippen molar-refractivity contribution in [3.05, 3.63) is 65.7 Å². The second kappa shape index (κ2) is 10.9. The number of amides is 2. The summed E-state index contributed by atoms with van der Waals surface area (Å²) in [6, 6.07) is 16.6. The average Bonchev–Trinajstić information content (AvgIpc) is 2.72. The highest BCUT2D eigenvalue weighted by Gasteiger charge is 2.17. The van der Waals surface area contributed by atoms with Crippen LogP contribution < -0.4 is 10.6 Å². The van der Waals surface area contributed by atoms with E-state index in [4.69, 9.17) is 12.2 Å².